The van der Waals surface area contributed by atoms with Crippen LogP contribution in [0.15, 0.2) is 0 Å². The van der Waals surface area contributed by atoms with E-state index in [1.54, 1.807) is 13.8 Å². The summed E-state index contributed by atoms with van der Waals surface area (Å²) in [6, 6.07) is 0. The van der Waals surface area contributed by atoms with Gasteiger partial charge in [0.05, 0.1) is 52.9 Å². The number of hydrogen-bond donors (Lipinski definition) is 0. The number of carbonyl (C=O) groups is 2. The van der Waals surface area contributed by atoms with E-state index in [2.05, 4.69) is 0 Å². The van der Waals surface area contributed by atoms with E-state index in [4.69, 9.17) is 33.2 Å². The van der Waals surface area contributed by atoms with Gasteiger partial charge in [-0.25, -0.2) is 9.59 Å². The average Bonchev–Trinajstić information content (AvgIpc) is 2.54. The van der Waals surface area contributed by atoms with Crippen molar-refractivity contribution in [3.05, 3.63) is 0 Å². The molecule has 2 unspecified atom stereocenters. The third-order valence-corrected chi connectivity index (χ3v) is 2.93. The number of carbonyl (C=O) groups excluding carboxylic acids is 2. The third kappa shape index (κ3) is 12.7. The maximum Gasteiger partial charge on any atom is 0.332 e. The molecule has 0 amide bonds. The quantitative estimate of drug-likeness (QED) is 0.548. The summed E-state index contributed by atoms with van der Waals surface area (Å²) in [5, 5.41) is 0. The number of rotatable bonds is 0. The van der Waals surface area contributed by atoms with Crippen LogP contribution in [-0.2, 0) is 42.7 Å². The highest BCUT2D eigenvalue weighted by atomic mass is 16.6. The molecule has 1 saturated heterocycles. The minimum absolute atomic E-state index is 0.252. The summed E-state index contributed by atoms with van der Waals surface area (Å²) in [7, 11) is 0. The summed E-state index contributed by atoms with van der Waals surface area (Å²) in [5.74, 6) is -1.14. The van der Waals surface area contributed by atoms with Crippen LogP contribution >= 0.6 is 0 Å². The van der Waals surface area contributed by atoms with Gasteiger partial charge in [-0.2, -0.15) is 0 Å². The molecular weight excluding hydrogens is 336 g/mol. The molecule has 1 rings (SSSR count). The summed E-state index contributed by atoms with van der Waals surface area (Å²) in [6.07, 6.45) is -0.838. The molecule has 0 aromatic rings. The van der Waals surface area contributed by atoms with E-state index in [-0.39, 0.29) is 26.4 Å². The maximum atomic E-state index is 11.6. The summed E-state index contributed by atoms with van der Waals surface area (Å²) >= 11 is 0. The Morgan fingerprint density at radius 1 is 0.600 bits per heavy atom. The van der Waals surface area contributed by atoms with Crippen molar-refractivity contribution < 1.29 is 42.7 Å². The summed E-state index contributed by atoms with van der Waals surface area (Å²) < 4.78 is 36.5. The Hall–Kier alpha value is -1.26. The molecule has 1 aliphatic heterocycles. The fraction of sp³-hybridized carbons (Fsp3) is 0.875. The molecule has 146 valence electrons. The minimum atomic E-state index is -0.570. The fourth-order valence-electron chi connectivity index (χ4n) is 1.86. The topological polar surface area (TPSA) is 98.8 Å². The molecule has 0 spiro atoms. The smallest absolute Gasteiger partial charge is 0.332 e. The van der Waals surface area contributed by atoms with E-state index in [1.165, 1.54) is 0 Å². The standard InChI is InChI=1S/C16H28O9/c1-13-9-21-7-5-19-3-4-20-6-8-22-10-14(2)25-16(18)12-23-11-15(17)24-13/h13-14H,3-12H2,1-2H3. The molecule has 0 aliphatic carbocycles. The number of ether oxygens (including phenoxy) is 7. The molecule has 0 bridgehead atoms. The molecule has 1 fully saturated rings. The van der Waals surface area contributed by atoms with E-state index in [1.807, 2.05) is 0 Å². The van der Waals surface area contributed by atoms with E-state index >= 15 is 0 Å². The van der Waals surface area contributed by atoms with Crippen molar-refractivity contribution in [3.8, 4) is 0 Å². The molecule has 0 aromatic carbocycles. The second kappa shape index (κ2) is 14.0. The van der Waals surface area contributed by atoms with Gasteiger partial charge in [-0.1, -0.05) is 0 Å². The first-order valence-corrected chi connectivity index (χ1v) is 8.35. The van der Waals surface area contributed by atoms with Gasteiger partial charge in [0.2, 0.25) is 0 Å². The van der Waals surface area contributed by atoms with Gasteiger partial charge in [-0.05, 0) is 13.8 Å². The molecule has 0 saturated carbocycles. The van der Waals surface area contributed by atoms with Crippen LogP contribution < -0.4 is 0 Å². The molecule has 2 atom stereocenters. The monoisotopic (exact) mass is 364 g/mol. The second-order valence-electron chi connectivity index (χ2n) is 5.47. The first kappa shape index (κ1) is 21.8. The lowest BCUT2D eigenvalue weighted by Gasteiger charge is -2.14. The van der Waals surface area contributed by atoms with Crippen LogP contribution in [0.2, 0.25) is 0 Å². The van der Waals surface area contributed by atoms with E-state index < -0.39 is 24.1 Å². The highest BCUT2D eigenvalue weighted by molar-refractivity contribution is 5.73. The van der Waals surface area contributed by atoms with Crippen LogP contribution in [0.3, 0.4) is 0 Å². The van der Waals surface area contributed by atoms with Crippen molar-refractivity contribution in [2.45, 2.75) is 26.1 Å². The summed E-state index contributed by atoms with van der Waals surface area (Å²) in [6.45, 7) is 5.83. The second-order valence-corrected chi connectivity index (χ2v) is 5.47. The summed E-state index contributed by atoms with van der Waals surface area (Å²) in [4.78, 5) is 23.1. The molecule has 0 radical (unpaired) electrons. The lowest BCUT2D eigenvalue weighted by atomic mass is 10.4. The molecule has 9 heteroatoms. The van der Waals surface area contributed by atoms with E-state index in [0.29, 0.717) is 39.6 Å². The van der Waals surface area contributed by atoms with Crippen LogP contribution in [0.4, 0.5) is 0 Å². The van der Waals surface area contributed by atoms with Crippen LogP contribution in [0.5, 0.6) is 0 Å². The highest BCUT2D eigenvalue weighted by Crippen LogP contribution is 1.97. The van der Waals surface area contributed by atoms with Gasteiger partial charge in [-0.3, -0.25) is 0 Å². The van der Waals surface area contributed by atoms with Crippen LogP contribution in [0.25, 0.3) is 0 Å². The Kier molecular flexibility index (Phi) is 12.2. The van der Waals surface area contributed by atoms with Gasteiger partial charge in [0.1, 0.15) is 25.4 Å². The van der Waals surface area contributed by atoms with Crippen molar-refractivity contribution in [3.63, 3.8) is 0 Å². The van der Waals surface area contributed by atoms with Crippen molar-refractivity contribution >= 4 is 11.9 Å². The van der Waals surface area contributed by atoms with Gasteiger partial charge in [0, 0.05) is 0 Å². The van der Waals surface area contributed by atoms with Gasteiger partial charge < -0.3 is 33.2 Å². The number of esters is 2. The zero-order valence-electron chi connectivity index (χ0n) is 14.9. The fourth-order valence-corrected chi connectivity index (χ4v) is 1.86. The van der Waals surface area contributed by atoms with Crippen molar-refractivity contribution in [2.75, 3.05) is 66.1 Å². The summed E-state index contributed by atoms with van der Waals surface area (Å²) in [5.41, 5.74) is 0. The Balaban J connectivity index is 2.34. The first-order chi connectivity index (χ1) is 12.1. The molecule has 0 N–H and O–H groups in total. The van der Waals surface area contributed by atoms with E-state index in [9.17, 15) is 9.59 Å². The third-order valence-electron chi connectivity index (χ3n) is 2.93. The first-order valence-electron chi connectivity index (χ1n) is 8.35. The van der Waals surface area contributed by atoms with Crippen molar-refractivity contribution in [2.24, 2.45) is 0 Å². The van der Waals surface area contributed by atoms with Gasteiger partial charge in [0.25, 0.3) is 0 Å². The normalized spacial score (nSPS) is 27.6. The molecular formula is C16H28O9. The molecule has 9 nitrogen and oxygen atoms in total. The highest BCUT2D eigenvalue weighted by Gasteiger charge is 2.13. The zero-order valence-corrected chi connectivity index (χ0v) is 14.9. The van der Waals surface area contributed by atoms with Crippen LogP contribution in [0, 0.1) is 0 Å². The molecule has 25 heavy (non-hydrogen) atoms. The molecule has 0 aromatic heterocycles. The molecule has 1 heterocycles. The number of hydrogen-bond acceptors (Lipinski definition) is 9. The van der Waals surface area contributed by atoms with Gasteiger partial charge in [-0.15, -0.1) is 0 Å². The Morgan fingerprint density at radius 2 is 0.960 bits per heavy atom. The minimum Gasteiger partial charge on any atom is -0.459 e. The SMILES string of the molecule is CC1COCCOCCOCCOCC(C)OC(=O)COCC(=O)O1. The maximum absolute atomic E-state index is 11.6. The average molecular weight is 364 g/mol. The zero-order chi connectivity index (χ0) is 18.3. The lowest BCUT2D eigenvalue weighted by Crippen LogP contribution is -2.27. The Bertz CT molecular complexity index is 341. The van der Waals surface area contributed by atoms with E-state index in [0.717, 1.165) is 0 Å². The number of cyclic esters (lactones) is 2. The predicted molar refractivity (Wildman–Crippen MR) is 85.2 cm³/mol. The van der Waals surface area contributed by atoms with Crippen LogP contribution in [-0.4, -0.2) is 90.2 Å². The Morgan fingerprint density at radius 3 is 1.36 bits per heavy atom. The lowest BCUT2D eigenvalue weighted by molar-refractivity contribution is -0.163. The van der Waals surface area contributed by atoms with Gasteiger partial charge in [0.15, 0.2) is 0 Å². The van der Waals surface area contributed by atoms with Crippen molar-refractivity contribution in [1.29, 1.82) is 0 Å². The molecule has 1 aliphatic rings. The van der Waals surface area contributed by atoms with Gasteiger partial charge >= 0.3 is 11.9 Å². The van der Waals surface area contributed by atoms with Crippen molar-refractivity contribution in [1.82, 2.24) is 0 Å². The largest absolute Gasteiger partial charge is 0.459 e. The predicted octanol–water partition coefficient (Wildman–Crippen LogP) is -0.0536. The van der Waals surface area contributed by atoms with Crippen LogP contribution in [0.1, 0.15) is 13.8 Å². The Labute approximate surface area is 147 Å².